The summed E-state index contributed by atoms with van der Waals surface area (Å²) in [5, 5.41) is 3.00. The van der Waals surface area contributed by atoms with Crippen molar-refractivity contribution in [2.45, 2.75) is 70.8 Å². The third kappa shape index (κ3) is 7.08. The summed E-state index contributed by atoms with van der Waals surface area (Å²) in [6.45, 7) is 6.89. The van der Waals surface area contributed by atoms with Gasteiger partial charge in [-0.15, -0.1) is 0 Å². The molecule has 0 spiro atoms. The van der Waals surface area contributed by atoms with Crippen LogP contribution < -0.4 is 5.32 Å². The monoisotopic (exact) mass is 591 g/mol. The van der Waals surface area contributed by atoms with Crippen molar-refractivity contribution in [2.24, 2.45) is 5.92 Å². The predicted molar refractivity (Wildman–Crippen MR) is 159 cm³/mol. The summed E-state index contributed by atoms with van der Waals surface area (Å²) in [7, 11) is 0. The van der Waals surface area contributed by atoms with Crippen LogP contribution in [-0.2, 0) is 20.9 Å². The van der Waals surface area contributed by atoms with Gasteiger partial charge in [0.15, 0.2) is 5.82 Å². The molecular weight excluding hydrogens is 552 g/mol. The van der Waals surface area contributed by atoms with Crippen LogP contribution >= 0.6 is 0 Å². The fourth-order valence-electron chi connectivity index (χ4n) is 6.14. The van der Waals surface area contributed by atoms with E-state index in [1.54, 1.807) is 23.4 Å². The van der Waals surface area contributed by atoms with Crippen molar-refractivity contribution in [3.8, 4) is 11.4 Å². The van der Waals surface area contributed by atoms with Gasteiger partial charge in [0, 0.05) is 67.8 Å². The molecule has 0 bridgehead atoms. The average molecular weight is 592 g/mol. The molecular formula is C33H39F2N5O3. The molecule has 2 amide bonds. The van der Waals surface area contributed by atoms with Crippen molar-refractivity contribution in [2.75, 3.05) is 19.7 Å². The lowest BCUT2D eigenvalue weighted by Gasteiger charge is -2.48. The molecule has 43 heavy (non-hydrogen) atoms. The van der Waals surface area contributed by atoms with Gasteiger partial charge < -0.3 is 15.0 Å². The highest BCUT2D eigenvalue weighted by Crippen LogP contribution is 2.36. The first-order valence-electron chi connectivity index (χ1n) is 15.0. The molecule has 3 aromatic rings. The SMILES string of the molecule is CC(C)C(=O)N1[C@H](C)CN([C@H](CC2CCCO2)c2c(F)cccc2F)C[C@@H]1C(=O)NCc1ccc(-c2ncccn2)cc1. The third-order valence-electron chi connectivity index (χ3n) is 8.30. The maximum atomic E-state index is 15.2. The summed E-state index contributed by atoms with van der Waals surface area (Å²) in [4.78, 5) is 39.3. The van der Waals surface area contributed by atoms with Crippen molar-refractivity contribution in [1.29, 1.82) is 0 Å². The molecule has 2 aliphatic heterocycles. The first kappa shape index (κ1) is 30.7. The second-order valence-corrected chi connectivity index (χ2v) is 11.7. The standard InChI is InChI=1S/C33H39F2N5O3/c1-21(2)33(42)40-22(3)19-39(28(17-25-7-5-16-43-25)30-26(34)8-4-9-27(30)35)20-29(40)32(41)38-18-23-10-12-24(13-11-23)31-36-14-6-15-37-31/h4,6,8-15,21-22,25,28-29H,5,7,16-20H2,1-3H3,(H,38,41)/t22-,25?,28-,29-/m1/s1. The van der Waals surface area contributed by atoms with Crippen LogP contribution in [0.25, 0.3) is 11.4 Å². The van der Waals surface area contributed by atoms with E-state index >= 15 is 8.78 Å². The molecule has 4 atom stereocenters. The van der Waals surface area contributed by atoms with Crippen LogP contribution in [0.5, 0.6) is 0 Å². The fourth-order valence-corrected chi connectivity index (χ4v) is 6.14. The summed E-state index contributed by atoms with van der Waals surface area (Å²) in [5.74, 6) is -1.40. The van der Waals surface area contributed by atoms with Crippen LogP contribution in [0.2, 0.25) is 0 Å². The molecule has 2 saturated heterocycles. The van der Waals surface area contributed by atoms with Crippen molar-refractivity contribution < 1.29 is 23.1 Å². The Labute approximate surface area is 251 Å². The molecule has 3 heterocycles. The number of ether oxygens (including phenoxy) is 1. The number of rotatable bonds is 9. The number of hydrogen-bond acceptors (Lipinski definition) is 6. The normalized spacial score (nSPS) is 21.6. The van der Waals surface area contributed by atoms with Gasteiger partial charge in [-0.1, -0.05) is 44.2 Å². The summed E-state index contributed by atoms with van der Waals surface area (Å²) >= 11 is 0. The molecule has 1 aromatic heterocycles. The highest BCUT2D eigenvalue weighted by Gasteiger charge is 2.43. The largest absolute Gasteiger partial charge is 0.378 e. The Bertz CT molecular complexity index is 1380. The predicted octanol–water partition coefficient (Wildman–Crippen LogP) is 4.91. The van der Waals surface area contributed by atoms with Gasteiger partial charge in [0.05, 0.1) is 6.10 Å². The number of piperazine rings is 1. The van der Waals surface area contributed by atoms with Gasteiger partial charge in [0.1, 0.15) is 17.7 Å². The van der Waals surface area contributed by atoms with Crippen molar-refractivity contribution >= 4 is 11.8 Å². The average Bonchev–Trinajstić information content (AvgIpc) is 3.52. The molecule has 2 fully saturated rings. The van der Waals surface area contributed by atoms with Gasteiger partial charge in [-0.3, -0.25) is 14.5 Å². The zero-order chi connectivity index (χ0) is 30.5. The van der Waals surface area contributed by atoms with Crippen LogP contribution in [-0.4, -0.2) is 69.5 Å². The van der Waals surface area contributed by atoms with Crippen LogP contribution in [0.4, 0.5) is 8.78 Å². The summed E-state index contributed by atoms with van der Waals surface area (Å²) in [6, 6.07) is 11.4. The molecule has 2 aromatic carbocycles. The van der Waals surface area contributed by atoms with E-state index in [9.17, 15) is 9.59 Å². The number of benzene rings is 2. The molecule has 8 nitrogen and oxygen atoms in total. The lowest BCUT2D eigenvalue weighted by molar-refractivity contribution is -0.151. The first-order valence-corrected chi connectivity index (χ1v) is 15.0. The van der Waals surface area contributed by atoms with Crippen LogP contribution in [0, 0.1) is 17.6 Å². The Morgan fingerprint density at radius 3 is 2.35 bits per heavy atom. The minimum Gasteiger partial charge on any atom is -0.378 e. The number of carbonyl (C=O) groups is 2. The number of carbonyl (C=O) groups excluding carboxylic acids is 2. The zero-order valence-electron chi connectivity index (χ0n) is 24.9. The molecule has 0 radical (unpaired) electrons. The Morgan fingerprint density at radius 1 is 1.02 bits per heavy atom. The quantitative estimate of drug-likeness (QED) is 0.381. The topological polar surface area (TPSA) is 87.7 Å². The lowest BCUT2D eigenvalue weighted by Crippen LogP contribution is -2.65. The second kappa shape index (κ2) is 13.7. The molecule has 10 heteroatoms. The molecule has 0 saturated carbocycles. The van der Waals surface area contributed by atoms with Gasteiger partial charge in [-0.25, -0.2) is 18.7 Å². The number of hydrogen-bond donors (Lipinski definition) is 1. The Hall–Kier alpha value is -3.76. The number of halogens is 2. The van der Waals surface area contributed by atoms with E-state index in [0.717, 1.165) is 24.0 Å². The smallest absolute Gasteiger partial charge is 0.244 e. The van der Waals surface area contributed by atoms with E-state index in [-0.39, 0.29) is 48.5 Å². The highest BCUT2D eigenvalue weighted by molar-refractivity contribution is 5.89. The Morgan fingerprint density at radius 2 is 1.72 bits per heavy atom. The maximum absolute atomic E-state index is 15.2. The van der Waals surface area contributed by atoms with Crippen molar-refractivity contribution in [1.82, 2.24) is 25.1 Å². The van der Waals surface area contributed by atoms with E-state index < -0.39 is 23.7 Å². The van der Waals surface area contributed by atoms with Gasteiger partial charge in [0.2, 0.25) is 11.8 Å². The maximum Gasteiger partial charge on any atom is 0.244 e. The van der Waals surface area contributed by atoms with Crippen LogP contribution in [0.3, 0.4) is 0 Å². The zero-order valence-corrected chi connectivity index (χ0v) is 24.9. The molecule has 5 rings (SSSR count). The summed E-state index contributed by atoms with van der Waals surface area (Å²) in [6.07, 6.45) is 5.34. The van der Waals surface area contributed by atoms with Crippen molar-refractivity contribution in [3.63, 3.8) is 0 Å². The van der Waals surface area contributed by atoms with Gasteiger partial charge >= 0.3 is 0 Å². The van der Waals surface area contributed by atoms with Crippen molar-refractivity contribution in [3.05, 3.63) is 83.7 Å². The van der Waals surface area contributed by atoms with Gasteiger partial charge in [-0.05, 0) is 49.9 Å². The second-order valence-electron chi connectivity index (χ2n) is 11.7. The van der Waals surface area contributed by atoms with Gasteiger partial charge in [0.25, 0.3) is 0 Å². The van der Waals surface area contributed by atoms with E-state index in [0.29, 0.717) is 25.4 Å². The molecule has 1 N–H and O–H groups in total. The van der Waals surface area contributed by atoms with Gasteiger partial charge in [-0.2, -0.15) is 0 Å². The number of nitrogens with zero attached hydrogens (tertiary/aromatic N) is 4. The number of aromatic nitrogens is 2. The Kier molecular flexibility index (Phi) is 9.77. The van der Waals surface area contributed by atoms with Crippen LogP contribution in [0.15, 0.2) is 60.9 Å². The van der Waals surface area contributed by atoms with Crippen LogP contribution in [0.1, 0.15) is 57.2 Å². The minimum atomic E-state index is -0.836. The highest BCUT2D eigenvalue weighted by atomic mass is 19.1. The first-order chi connectivity index (χ1) is 20.7. The number of amides is 2. The number of nitrogens with one attached hydrogen (secondary N) is 1. The third-order valence-corrected chi connectivity index (χ3v) is 8.30. The summed E-state index contributed by atoms with van der Waals surface area (Å²) < 4.78 is 36.2. The molecule has 228 valence electrons. The molecule has 0 aliphatic carbocycles. The van der Waals surface area contributed by atoms with E-state index in [1.807, 2.05) is 49.9 Å². The molecule has 1 unspecified atom stereocenters. The fraction of sp³-hybridized carbons (Fsp3) is 0.455. The van der Waals surface area contributed by atoms with E-state index in [1.165, 1.54) is 18.2 Å². The minimum absolute atomic E-state index is 0.0181. The van der Waals surface area contributed by atoms with E-state index in [4.69, 9.17) is 4.74 Å². The molecule has 2 aliphatic rings. The Balaban J connectivity index is 1.38. The lowest BCUT2D eigenvalue weighted by atomic mass is 9.93. The summed E-state index contributed by atoms with van der Waals surface area (Å²) in [5.41, 5.74) is 1.72. The van der Waals surface area contributed by atoms with E-state index in [2.05, 4.69) is 15.3 Å².